The molecule has 6 heteroatoms. The van der Waals surface area contributed by atoms with Crippen LogP contribution in [0.2, 0.25) is 0 Å². The monoisotopic (exact) mass is 320 g/mol. The van der Waals surface area contributed by atoms with Gasteiger partial charge in [0.05, 0.1) is 13.2 Å². The Balaban J connectivity index is 1.49. The molecule has 1 spiro atoms. The van der Waals surface area contributed by atoms with Gasteiger partial charge in [0.15, 0.2) is 5.79 Å². The van der Waals surface area contributed by atoms with Crippen LogP contribution in [0.1, 0.15) is 24.8 Å². The second-order valence-corrected chi connectivity index (χ2v) is 6.06. The van der Waals surface area contributed by atoms with Crippen molar-refractivity contribution < 1.29 is 19.0 Å². The summed E-state index contributed by atoms with van der Waals surface area (Å²) < 4.78 is 16.8. The quantitative estimate of drug-likeness (QED) is 0.885. The van der Waals surface area contributed by atoms with Gasteiger partial charge in [-0.05, 0) is 19.0 Å². The van der Waals surface area contributed by atoms with Gasteiger partial charge < -0.3 is 24.8 Å². The van der Waals surface area contributed by atoms with Crippen molar-refractivity contribution in [3.8, 4) is 0 Å². The Bertz CT molecular complexity index is 517. The summed E-state index contributed by atoms with van der Waals surface area (Å²) in [6.07, 6.45) is 1.93. The molecule has 23 heavy (non-hydrogen) atoms. The van der Waals surface area contributed by atoms with Crippen LogP contribution in [-0.2, 0) is 20.8 Å². The van der Waals surface area contributed by atoms with E-state index < -0.39 is 5.79 Å². The number of carbonyl (C=O) groups excluding carboxylic acids is 1. The highest BCUT2D eigenvalue weighted by atomic mass is 16.7. The number of hydrogen-bond acceptors (Lipinski definition) is 5. The zero-order valence-corrected chi connectivity index (χ0v) is 13.4. The lowest BCUT2D eigenvalue weighted by Gasteiger charge is -2.40. The molecule has 0 bridgehead atoms. The van der Waals surface area contributed by atoms with E-state index in [9.17, 15) is 4.79 Å². The second-order valence-electron chi connectivity index (χ2n) is 6.06. The molecule has 1 aromatic carbocycles. The molecular formula is C17H24N2O4. The van der Waals surface area contributed by atoms with Crippen LogP contribution in [0, 0.1) is 0 Å². The maximum Gasteiger partial charge on any atom is 0.407 e. The highest BCUT2D eigenvalue weighted by Crippen LogP contribution is 2.35. The van der Waals surface area contributed by atoms with Gasteiger partial charge in [-0.3, -0.25) is 0 Å². The van der Waals surface area contributed by atoms with Crippen molar-refractivity contribution in [2.24, 2.45) is 0 Å². The van der Waals surface area contributed by atoms with E-state index in [0.29, 0.717) is 13.2 Å². The Morgan fingerprint density at radius 2 is 2.00 bits per heavy atom. The zero-order valence-electron chi connectivity index (χ0n) is 13.4. The normalized spacial score (nSPS) is 26.1. The van der Waals surface area contributed by atoms with Crippen LogP contribution in [0.5, 0.6) is 0 Å². The molecule has 0 aromatic heterocycles. The van der Waals surface area contributed by atoms with Gasteiger partial charge in [0.2, 0.25) is 0 Å². The zero-order chi connectivity index (χ0) is 16.1. The summed E-state index contributed by atoms with van der Waals surface area (Å²) in [5.41, 5.74) is 0.975. The van der Waals surface area contributed by atoms with E-state index in [0.717, 1.165) is 24.8 Å². The Morgan fingerprint density at radius 1 is 1.26 bits per heavy atom. The number of amides is 1. The Labute approximate surface area is 136 Å². The van der Waals surface area contributed by atoms with Crippen molar-refractivity contribution in [3.05, 3.63) is 35.9 Å². The van der Waals surface area contributed by atoms with Crippen LogP contribution in [0.15, 0.2) is 30.3 Å². The first-order valence-electron chi connectivity index (χ1n) is 8.13. The van der Waals surface area contributed by atoms with Gasteiger partial charge in [0.1, 0.15) is 6.61 Å². The number of hydrogen-bond donors (Lipinski definition) is 2. The number of likely N-dealkylation sites (N-methyl/N-ethyl adjacent to an activating group) is 1. The maximum absolute atomic E-state index is 12.0. The van der Waals surface area contributed by atoms with Gasteiger partial charge in [-0.15, -0.1) is 0 Å². The van der Waals surface area contributed by atoms with E-state index in [2.05, 4.69) is 10.6 Å². The number of rotatable bonds is 4. The van der Waals surface area contributed by atoms with Gasteiger partial charge >= 0.3 is 6.09 Å². The predicted octanol–water partition coefficient (Wildman–Crippen LogP) is 1.80. The highest BCUT2D eigenvalue weighted by Gasteiger charge is 2.45. The smallest absolute Gasteiger partial charge is 0.407 e. The van der Waals surface area contributed by atoms with Gasteiger partial charge in [-0.1, -0.05) is 30.3 Å². The van der Waals surface area contributed by atoms with Gasteiger partial charge in [-0.25, -0.2) is 4.79 Å². The molecule has 0 unspecified atom stereocenters. The van der Waals surface area contributed by atoms with E-state index in [1.807, 2.05) is 37.4 Å². The molecule has 1 saturated carbocycles. The first kappa shape index (κ1) is 16.2. The third-order valence-electron chi connectivity index (χ3n) is 4.55. The fourth-order valence-corrected chi connectivity index (χ4v) is 3.31. The number of alkyl carbamates (subject to hydrolysis) is 1. The van der Waals surface area contributed by atoms with Crippen molar-refractivity contribution in [1.82, 2.24) is 10.6 Å². The molecular weight excluding hydrogens is 296 g/mol. The number of benzene rings is 1. The molecule has 0 radical (unpaired) electrons. The Kier molecular flexibility index (Phi) is 5.15. The van der Waals surface area contributed by atoms with Crippen LogP contribution in [-0.4, -0.2) is 44.2 Å². The first-order valence-corrected chi connectivity index (χ1v) is 8.13. The molecule has 1 saturated heterocycles. The Hall–Kier alpha value is -1.63. The second kappa shape index (κ2) is 7.29. The molecule has 1 amide bonds. The largest absolute Gasteiger partial charge is 0.445 e. The van der Waals surface area contributed by atoms with E-state index in [1.54, 1.807) is 0 Å². The third kappa shape index (κ3) is 4.02. The van der Waals surface area contributed by atoms with Crippen LogP contribution in [0.25, 0.3) is 0 Å². The fraction of sp³-hybridized carbons (Fsp3) is 0.588. The van der Waals surface area contributed by atoms with Crippen molar-refractivity contribution >= 4 is 6.09 Å². The summed E-state index contributed by atoms with van der Waals surface area (Å²) in [4.78, 5) is 12.0. The lowest BCUT2D eigenvalue weighted by molar-refractivity contribution is -0.184. The molecule has 2 fully saturated rings. The highest BCUT2D eigenvalue weighted by molar-refractivity contribution is 5.67. The first-order chi connectivity index (χ1) is 11.2. The topological polar surface area (TPSA) is 68.8 Å². The number of nitrogens with one attached hydrogen (secondary N) is 2. The SMILES string of the molecule is CN[C@@H]1CC2(CC[C@@H]1NC(=O)OCc1ccccc1)OCCO2. The molecule has 3 rings (SSSR count). The lowest BCUT2D eigenvalue weighted by Crippen LogP contribution is -2.56. The minimum atomic E-state index is -0.472. The van der Waals surface area contributed by atoms with Crippen LogP contribution in [0.4, 0.5) is 4.79 Å². The molecule has 1 aromatic rings. The minimum Gasteiger partial charge on any atom is -0.445 e. The molecule has 2 atom stereocenters. The molecule has 1 aliphatic carbocycles. The molecule has 1 aliphatic heterocycles. The van der Waals surface area contributed by atoms with E-state index >= 15 is 0 Å². The molecule has 2 N–H and O–H groups in total. The summed E-state index contributed by atoms with van der Waals surface area (Å²) in [5.74, 6) is -0.472. The lowest BCUT2D eigenvalue weighted by atomic mass is 9.85. The average Bonchev–Trinajstić information content (AvgIpc) is 3.04. The Morgan fingerprint density at radius 3 is 2.70 bits per heavy atom. The molecule has 1 heterocycles. The summed E-state index contributed by atoms with van der Waals surface area (Å²) in [6.45, 7) is 1.57. The van der Waals surface area contributed by atoms with E-state index in [-0.39, 0.29) is 24.8 Å². The van der Waals surface area contributed by atoms with Crippen LogP contribution in [0.3, 0.4) is 0 Å². The predicted molar refractivity (Wildman–Crippen MR) is 84.9 cm³/mol. The van der Waals surface area contributed by atoms with E-state index in [1.165, 1.54) is 0 Å². The summed E-state index contributed by atoms with van der Waals surface area (Å²) in [7, 11) is 1.89. The summed E-state index contributed by atoms with van der Waals surface area (Å²) in [5, 5.41) is 6.22. The van der Waals surface area contributed by atoms with Gasteiger partial charge in [0, 0.05) is 24.9 Å². The number of carbonyl (C=O) groups is 1. The molecule has 126 valence electrons. The van der Waals surface area contributed by atoms with Crippen molar-refractivity contribution in [3.63, 3.8) is 0 Å². The van der Waals surface area contributed by atoms with Gasteiger partial charge in [-0.2, -0.15) is 0 Å². The van der Waals surface area contributed by atoms with E-state index in [4.69, 9.17) is 14.2 Å². The van der Waals surface area contributed by atoms with Crippen molar-refractivity contribution in [2.75, 3.05) is 20.3 Å². The fourth-order valence-electron chi connectivity index (χ4n) is 3.31. The van der Waals surface area contributed by atoms with Crippen molar-refractivity contribution in [2.45, 2.75) is 43.7 Å². The minimum absolute atomic E-state index is 0.0155. The summed E-state index contributed by atoms with van der Waals surface area (Å²) in [6, 6.07) is 9.77. The molecule has 6 nitrogen and oxygen atoms in total. The summed E-state index contributed by atoms with van der Waals surface area (Å²) >= 11 is 0. The third-order valence-corrected chi connectivity index (χ3v) is 4.55. The van der Waals surface area contributed by atoms with Gasteiger partial charge in [0.25, 0.3) is 0 Å². The van der Waals surface area contributed by atoms with Crippen molar-refractivity contribution in [1.29, 1.82) is 0 Å². The standard InChI is InChI=1S/C17H24N2O4/c1-18-15-11-17(22-9-10-23-17)8-7-14(15)19-16(20)21-12-13-5-3-2-4-6-13/h2-6,14-15,18H,7-12H2,1H3,(H,19,20)/t14-,15+/m0/s1. The van der Waals surface area contributed by atoms with Crippen LogP contribution < -0.4 is 10.6 Å². The average molecular weight is 320 g/mol. The maximum atomic E-state index is 12.0. The molecule has 2 aliphatic rings. The number of ether oxygens (including phenoxy) is 3. The van der Waals surface area contributed by atoms with Crippen LogP contribution >= 0.6 is 0 Å².